The smallest absolute Gasteiger partial charge is 0.340 e. The van der Waals surface area contributed by atoms with E-state index in [1.165, 1.54) is 53.7 Å². The van der Waals surface area contributed by atoms with Crippen LogP contribution < -0.4 is 4.72 Å². The van der Waals surface area contributed by atoms with Gasteiger partial charge in [-0.05, 0) is 12.1 Å². The van der Waals surface area contributed by atoms with E-state index in [2.05, 4.69) is 14.4 Å². The summed E-state index contributed by atoms with van der Waals surface area (Å²) in [5.41, 5.74) is 0.376. The van der Waals surface area contributed by atoms with E-state index < -0.39 is 16.0 Å². The second-order valence-corrected chi connectivity index (χ2v) is 5.91. The van der Waals surface area contributed by atoms with Gasteiger partial charge in [0.15, 0.2) is 0 Å². The minimum atomic E-state index is -3.76. The van der Waals surface area contributed by atoms with Crippen molar-refractivity contribution in [1.82, 2.24) is 4.98 Å². The molecule has 2 aromatic heterocycles. The minimum absolute atomic E-state index is 0.0250. The average molecular weight is 298 g/mol. The average Bonchev–Trinajstić information content (AvgIpc) is 2.86. The lowest BCUT2D eigenvalue weighted by Crippen LogP contribution is -2.15. The van der Waals surface area contributed by atoms with Gasteiger partial charge < -0.3 is 4.74 Å². The molecule has 0 aliphatic carbocycles. The predicted octanol–water partition coefficient (Wildman–Crippen LogP) is 1.73. The van der Waals surface area contributed by atoms with E-state index >= 15 is 0 Å². The molecule has 8 heteroatoms. The van der Waals surface area contributed by atoms with Crippen LogP contribution in [0.4, 0.5) is 5.69 Å². The van der Waals surface area contributed by atoms with Gasteiger partial charge in [0.1, 0.15) is 4.90 Å². The number of carbonyl (C=O) groups is 1. The van der Waals surface area contributed by atoms with Crippen molar-refractivity contribution in [2.45, 2.75) is 4.90 Å². The number of methoxy groups -OCH3 is 1. The number of carbonyl (C=O) groups excluding carboxylic acids is 1. The molecule has 1 N–H and O–H groups in total. The largest absolute Gasteiger partial charge is 0.465 e. The monoisotopic (exact) mass is 298 g/mol. The van der Waals surface area contributed by atoms with Gasteiger partial charge in [0.25, 0.3) is 10.0 Å². The van der Waals surface area contributed by atoms with Gasteiger partial charge in [0.05, 0.1) is 18.4 Å². The lowest BCUT2D eigenvalue weighted by Gasteiger charge is -2.07. The Bertz CT molecular complexity index is 680. The molecule has 0 amide bonds. The van der Waals surface area contributed by atoms with Crippen molar-refractivity contribution in [2.75, 3.05) is 11.8 Å². The standard InChI is InChI=1S/C11H10N2O4S2/c1-17-11(14)9-6-18-7-10(9)13-19(15,16)8-3-2-4-12-5-8/h2-7,13H,1H3. The predicted molar refractivity (Wildman–Crippen MR) is 70.7 cm³/mol. The number of esters is 1. The molecule has 19 heavy (non-hydrogen) atoms. The highest BCUT2D eigenvalue weighted by molar-refractivity contribution is 7.92. The van der Waals surface area contributed by atoms with Crippen LogP contribution in [-0.4, -0.2) is 26.5 Å². The number of anilines is 1. The fourth-order valence-corrected chi connectivity index (χ4v) is 3.21. The molecule has 0 radical (unpaired) electrons. The van der Waals surface area contributed by atoms with Crippen molar-refractivity contribution >= 4 is 33.0 Å². The van der Waals surface area contributed by atoms with Crippen molar-refractivity contribution in [3.8, 4) is 0 Å². The highest BCUT2D eigenvalue weighted by Crippen LogP contribution is 2.24. The van der Waals surface area contributed by atoms with Gasteiger partial charge in [-0.1, -0.05) is 0 Å². The number of aromatic nitrogens is 1. The first-order valence-corrected chi connectivity index (χ1v) is 7.54. The number of sulfonamides is 1. The fourth-order valence-electron chi connectivity index (χ4n) is 1.35. The normalized spacial score (nSPS) is 11.0. The van der Waals surface area contributed by atoms with E-state index in [0.717, 1.165) is 0 Å². The van der Waals surface area contributed by atoms with E-state index in [0.29, 0.717) is 0 Å². The lowest BCUT2D eigenvalue weighted by atomic mass is 10.3. The van der Waals surface area contributed by atoms with Crippen molar-refractivity contribution < 1.29 is 17.9 Å². The first kappa shape index (κ1) is 13.5. The second kappa shape index (κ2) is 5.37. The van der Waals surface area contributed by atoms with Crippen LogP contribution in [0.25, 0.3) is 0 Å². The van der Waals surface area contributed by atoms with Gasteiger partial charge in [-0.3, -0.25) is 9.71 Å². The Morgan fingerprint density at radius 2 is 2.21 bits per heavy atom. The molecule has 0 atom stereocenters. The molecular formula is C11H10N2O4S2. The molecule has 100 valence electrons. The molecule has 0 saturated heterocycles. The third-order valence-corrected chi connectivity index (χ3v) is 4.35. The Hall–Kier alpha value is -1.93. The molecule has 0 fully saturated rings. The van der Waals surface area contributed by atoms with E-state index in [1.54, 1.807) is 0 Å². The fraction of sp³-hybridized carbons (Fsp3) is 0.0909. The third kappa shape index (κ3) is 2.91. The maximum absolute atomic E-state index is 12.1. The van der Waals surface area contributed by atoms with Crippen LogP contribution in [0.5, 0.6) is 0 Å². The molecule has 0 saturated carbocycles. The van der Waals surface area contributed by atoms with Crippen molar-refractivity contribution in [3.63, 3.8) is 0 Å². The highest BCUT2D eigenvalue weighted by atomic mass is 32.2. The van der Waals surface area contributed by atoms with E-state index in [9.17, 15) is 13.2 Å². The van der Waals surface area contributed by atoms with Crippen LogP contribution in [0.15, 0.2) is 40.2 Å². The summed E-state index contributed by atoms with van der Waals surface area (Å²) in [6.07, 6.45) is 2.70. The quantitative estimate of drug-likeness (QED) is 0.869. The zero-order valence-corrected chi connectivity index (χ0v) is 11.5. The lowest BCUT2D eigenvalue weighted by molar-refractivity contribution is 0.0602. The van der Waals surface area contributed by atoms with Crippen LogP contribution in [0.3, 0.4) is 0 Å². The van der Waals surface area contributed by atoms with E-state index in [4.69, 9.17) is 0 Å². The summed E-state index contributed by atoms with van der Waals surface area (Å²) < 4.78 is 31.0. The highest BCUT2D eigenvalue weighted by Gasteiger charge is 2.19. The zero-order chi connectivity index (χ0) is 13.9. The Morgan fingerprint density at radius 1 is 1.42 bits per heavy atom. The molecule has 0 aromatic carbocycles. The zero-order valence-electron chi connectivity index (χ0n) is 9.86. The molecule has 6 nitrogen and oxygen atoms in total. The molecule has 2 aromatic rings. The number of hydrogen-bond donors (Lipinski definition) is 1. The molecule has 0 unspecified atom stereocenters. The van der Waals surface area contributed by atoms with Crippen LogP contribution in [-0.2, 0) is 14.8 Å². The van der Waals surface area contributed by atoms with E-state index in [1.807, 2.05) is 0 Å². The molecule has 2 rings (SSSR count). The van der Waals surface area contributed by atoms with E-state index in [-0.39, 0.29) is 16.1 Å². The summed E-state index contributed by atoms with van der Waals surface area (Å²) in [6, 6.07) is 2.93. The van der Waals surface area contributed by atoms with Crippen molar-refractivity contribution in [3.05, 3.63) is 40.8 Å². The molecule has 2 heterocycles. The summed E-state index contributed by atoms with van der Waals surface area (Å²) >= 11 is 1.20. The maximum atomic E-state index is 12.1. The number of rotatable bonds is 4. The molecule has 0 bridgehead atoms. The van der Waals surface area contributed by atoms with Crippen LogP contribution in [0.2, 0.25) is 0 Å². The topological polar surface area (TPSA) is 85.4 Å². The summed E-state index contributed by atoms with van der Waals surface area (Å²) in [7, 11) is -2.53. The van der Waals surface area contributed by atoms with Crippen molar-refractivity contribution in [2.24, 2.45) is 0 Å². The Labute approximate surface area is 114 Å². The number of pyridine rings is 1. The minimum Gasteiger partial charge on any atom is -0.465 e. The number of thiophene rings is 1. The Morgan fingerprint density at radius 3 is 2.84 bits per heavy atom. The number of nitrogens with zero attached hydrogens (tertiary/aromatic N) is 1. The van der Waals surface area contributed by atoms with Gasteiger partial charge in [-0.15, -0.1) is 11.3 Å². The van der Waals surface area contributed by atoms with Gasteiger partial charge >= 0.3 is 5.97 Å². The van der Waals surface area contributed by atoms with Gasteiger partial charge in [-0.2, -0.15) is 0 Å². The molecular weight excluding hydrogens is 288 g/mol. The summed E-state index contributed by atoms with van der Waals surface area (Å²) in [6.45, 7) is 0. The van der Waals surface area contributed by atoms with Gasteiger partial charge in [-0.25, -0.2) is 13.2 Å². The maximum Gasteiger partial charge on any atom is 0.340 e. The summed E-state index contributed by atoms with van der Waals surface area (Å²) in [5, 5.41) is 3.05. The van der Waals surface area contributed by atoms with Crippen LogP contribution >= 0.6 is 11.3 Å². The first-order chi connectivity index (χ1) is 9.04. The Kier molecular flexibility index (Phi) is 3.82. The SMILES string of the molecule is COC(=O)c1cscc1NS(=O)(=O)c1cccnc1. The molecule has 0 aliphatic rings. The first-order valence-electron chi connectivity index (χ1n) is 5.12. The summed E-state index contributed by atoms with van der Waals surface area (Å²) in [4.78, 5) is 15.2. The third-order valence-electron chi connectivity index (χ3n) is 2.26. The second-order valence-electron chi connectivity index (χ2n) is 3.48. The number of ether oxygens (including phenoxy) is 1. The Balaban J connectivity index is 2.32. The van der Waals surface area contributed by atoms with Gasteiger partial charge in [0.2, 0.25) is 0 Å². The summed E-state index contributed by atoms with van der Waals surface area (Å²) in [5.74, 6) is -0.592. The molecule has 0 spiro atoms. The van der Waals surface area contributed by atoms with Crippen LogP contribution in [0.1, 0.15) is 10.4 Å². The number of hydrogen-bond acceptors (Lipinski definition) is 6. The molecule has 0 aliphatic heterocycles. The number of nitrogens with one attached hydrogen (secondary N) is 1. The van der Waals surface area contributed by atoms with Crippen molar-refractivity contribution in [1.29, 1.82) is 0 Å². The van der Waals surface area contributed by atoms with Crippen LogP contribution in [0, 0.1) is 0 Å². The van der Waals surface area contributed by atoms with Gasteiger partial charge in [0, 0.05) is 23.2 Å².